The molecule has 0 saturated heterocycles. The number of benzene rings is 1. The molecule has 2 nitrogen and oxygen atoms in total. The molecule has 1 aromatic rings. The second-order valence-electron chi connectivity index (χ2n) is 8.31. The van der Waals surface area contributed by atoms with Crippen LogP contribution in [0, 0.1) is 17.8 Å². The highest BCUT2D eigenvalue weighted by Crippen LogP contribution is 2.55. The Morgan fingerprint density at radius 2 is 1.86 bits per heavy atom. The van der Waals surface area contributed by atoms with Gasteiger partial charge < -0.3 is 10.2 Å². The molecule has 0 aromatic heterocycles. The van der Waals surface area contributed by atoms with Crippen LogP contribution in [0.5, 0.6) is 0 Å². The third-order valence-corrected chi connectivity index (χ3v) is 6.42. The van der Waals surface area contributed by atoms with Gasteiger partial charge in [-0.05, 0) is 66.0 Å². The lowest BCUT2D eigenvalue weighted by molar-refractivity contribution is -0.0922. The van der Waals surface area contributed by atoms with Gasteiger partial charge in [0.15, 0.2) is 0 Å². The minimum Gasteiger partial charge on any atom is -0.390 e. The fraction of sp³-hybridized carbons (Fsp3) is 0.700. The van der Waals surface area contributed by atoms with Gasteiger partial charge in [-0.25, -0.2) is 0 Å². The second kappa shape index (κ2) is 5.35. The average Bonchev–Trinajstić information content (AvgIpc) is 2.43. The lowest BCUT2D eigenvalue weighted by Gasteiger charge is -2.52. The Balaban J connectivity index is 2.05. The van der Waals surface area contributed by atoms with Crippen molar-refractivity contribution in [3.8, 4) is 0 Å². The molecule has 0 amide bonds. The molecule has 0 aliphatic heterocycles. The summed E-state index contributed by atoms with van der Waals surface area (Å²) in [7, 11) is 0. The number of aliphatic hydroxyl groups excluding tert-OH is 1. The van der Waals surface area contributed by atoms with E-state index in [-0.39, 0.29) is 5.92 Å². The van der Waals surface area contributed by atoms with Crippen molar-refractivity contribution in [2.75, 3.05) is 0 Å². The highest BCUT2D eigenvalue weighted by Gasteiger charge is 2.50. The Hall–Kier alpha value is -0.860. The molecule has 0 spiro atoms. The standard InChI is InChI=1S/C20H30O2/c1-11(2)14-6-7-15-17(8-14)18(21)9-16-13(4)20(5,22)10-12(3)19(15)16/h6-8,11-13,16,18-19,21-22H,9-10H2,1-5H3/t12-,13?,16?,18?,19?,20?/m0/s1. The number of rotatable bonds is 1. The Kier molecular flexibility index (Phi) is 3.89. The van der Waals surface area contributed by atoms with Crippen molar-refractivity contribution in [2.24, 2.45) is 17.8 Å². The minimum atomic E-state index is -0.615. The van der Waals surface area contributed by atoms with Gasteiger partial charge in [0.2, 0.25) is 0 Å². The molecule has 2 N–H and O–H groups in total. The topological polar surface area (TPSA) is 40.5 Å². The maximum absolute atomic E-state index is 10.7. The first-order chi connectivity index (χ1) is 10.2. The van der Waals surface area contributed by atoms with Crippen LogP contribution in [-0.2, 0) is 0 Å². The summed E-state index contributed by atoms with van der Waals surface area (Å²) in [5.74, 6) is 1.99. The zero-order chi connectivity index (χ0) is 16.2. The van der Waals surface area contributed by atoms with E-state index < -0.39 is 11.7 Å². The van der Waals surface area contributed by atoms with Gasteiger partial charge in [-0.2, -0.15) is 0 Å². The molecule has 6 atom stereocenters. The van der Waals surface area contributed by atoms with Crippen molar-refractivity contribution in [3.63, 3.8) is 0 Å². The molecular weight excluding hydrogens is 272 g/mol. The van der Waals surface area contributed by atoms with Gasteiger partial charge in [-0.1, -0.05) is 45.9 Å². The average molecular weight is 302 g/mol. The molecule has 0 radical (unpaired) electrons. The van der Waals surface area contributed by atoms with Crippen LogP contribution in [0.3, 0.4) is 0 Å². The summed E-state index contributed by atoms with van der Waals surface area (Å²) in [6.45, 7) is 10.8. The van der Waals surface area contributed by atoms with Gasteiger partial charge in [-0.15, -0.1) is 0 Å². The SMILES string of the molecule is CC(C)c1ccc2c(c1)C(O)CC1C2[C@@H](C)CC(C)(O)C1C. The number of hydrogen-bond acceptors (Lipinski definition) is 2. The number of aliphatic hydroxyl groups is 2. The predicted octanol–water partition coefficient (Wildman–Crippen LogP) is 4.37. The van der Waals surface area contributed by atoms with Crippen LogP contribution in [0.1, 0.15) is 82.1 Å². The van der Waals surface area contributed by atoms with Crippen molar-refractivity contribution in [3.05, 3.63) is 34.9 Å². The Labute approximate surface area is 134 Å². The van der Waals surface area contributed by atoms with Gasteiger partial charge in [0.25, 0.3) is 0 Å². The third-order valence-electron chi connectivity index (χ3n) is 6.42. The first-order valence-electron chi connectivity index (χ1n) is 8.76. The van der Waals surface area contributed by atoms with Crippen LogP contribution in [-0.4, -0.2) is 15.8 Å². The maximum atomic E-state index is 10.7. The smallest absolute Gasteiger partial charge is 0.0795 e. The Morgan fingerprint density at radius 1 is 1.18 bits per heavy atom. The van der Waals surface area contributed by atoms with Crippen molar-refractivity contribution >= 4 is 0 Å². The largest absolute Gasteiger partial charge is 0.390 e. The summed E-state index contributed by atoms with van der Waals surface area (Å²) >= 11 is 0. The summed E-state index contributed by atoms with van der Waals surface area (Å²) in [5.41, 5.74) is 3.14. The van der Waals surface area contributed by atoms with Crippen LogP contribution < -0.4 is 0 Å². The van der Waals surface area contributed by atoms with Gasteiger partial charge >= 0.3 is 0 Å². The lowest BCUT2D eigenvalue weighted by Crippen LogP contribution is -2.49. The third kappa shape index (κ3) is 2.41. The van der Waals surface area contributed by atoms with Gasteiger partial charge in [0, 0.05) is 0 Å². The van der Waals surface area contributed by atoms with E-state index in [1.807, 2.05) is 6.92 Å². The van der Waals surface area contributed by atoms with Crippen molar-refractivity contribution in [1.29, 1.82) is 0 Å². The van der Waals surface area contributed by atoms with Gasteiger partial charge in [-0.3, -0.25) is 0 Å². The lowest BCUT2D eigenvalue weighted by atomic mass is 9.55. The van der Waals surface area contributed by atoms with Crippen LogP contribution in [0.2, 0.25) is 0 Å². The summed E-state index contributed by atoms with van der Waals surface area (Å²) in [6.07, 6.45) is 1.23. The summed E-state index contributed by atoms with van der Waals surface area (Å²) in [5, 5.41) is 21.4. The summed E-state index contributed by atoms with van der Waals surface area (Å²) in [4.78, 5) is 0. The van der Waals surface area contributed by atoms with Crippen molar-refractivity contribution in [2.45, 2.75) is 71.0 Å². The van der Waals surface area contributed by atoms with Crippen molar-refractivity contribution < 1.29 is 10.2 Å². The molecular formula is C20H30O2. The monoisotopic (exact) mass is 302 g/mol. The molecule has 3 rings (SSSR count). The molecule has 1 aromatic carbocycles. The molecule has 1 fully saturated rings. The predicted molar refractivity (Wildman–Crippen MR) is 89.9 cm³/mol. The quantitative estimate of drug-likeness (QED) is 0.808. The normalized spacial score (nSPS) is 41.2. The molecule has 2 heteroatoms. The molecule has 122 valence electrons. The second-order valence-corrected chi connectivity index (χ2v) is 8.31. The van der Waals surface area contributed by atoms with Gasteiger partial charge in [0.1, 0.15) is 0 Å². The Bertz CT molecular complexity index is 561. The summed E-state index contributed by atoms with van der Waals surface area (Å²) in [6, 6.07) is 6.68. The molecule has 0 bridgehead atoms. The molecule has 2 aliphatic carbocycles. The zero-order valence-electron chi connectivity index (χ0n) is 14.5. The van der Waals surface area contributed by atoms with E-state index in [1.165, 1.54) is 11.1 Å². The van der Waals surface area contributed by atoms with E-state index in [9.17, 15) is 10.2 Å². The molecule has 22 heavy (non-hydrogen) atoms. The zero-order valence-corrected chi connectivity index (χ0v) is 14.5. The summed E-state index contributed by atoms with van der Waals surface area (Å²) < 4.78 is 0. The van der Waals surface area contributed by atoms with E-state index in [4.69, 9.17) is 0 Å². The first-order valence-corrected chi connectivity index (χ1v) is 8.76. The molecule has 5 unspecified atom stereocenters. The fourth-order valence-electron chi connectivity index (χ4n) is 4.98. The van der Waals surface area contributed by atoms with Crippen LogP contribution in [0.4, 0.5) is 0 Å². The van der Waals surface area contributed by atoms with Crippen LogP contribution in [0.25, 0.3) is 0 Å². The number of hydrogen-bond donors (Lipinski definition) is 2. The van der Waals surface area contributed by atoms with E-state index in [0.717, 1.165) is 18.4 Å². The van der Waals surface area contributed by atoms with Crippen LogP contribution >= 0.6 is 0 Å². The fourth-order valence-corrected chi connectivity index (χ4v) is 4.98. The highest BCUT2D eigenvalue weighted by atomic mass is 16.3. The van der Waals surface area contributed by atoms with Crippen molar-refractivity contribution in [1.82, 2.24) is 0 Å². The van der Waals surface area contributed by atoms with E-state index in [0.29, 0.717) is 23.7 Å². The van der Waals surface area contributed by atoms with E-state index in [1.54, 1.807) is 0 Å². The Morgan fingerprint density at radius 3 is 2.50 bits per heavy atom. The molecule has 2 aliphatic rings. The molecule has 0 heterocycles. The minimum absolute atomic E-state index is 0.223. The first kappa shape index (κ1) is 16.0. The number of fused-ring (bicyclic) bond motifs is 3. The van der Waals surface area contributed by atoms with Gasteiger partial charge in [0.05, 0.1) is 11.7 Å². The van der Waals surface area contributed by atoms with Crippen LogP contribution in [0.15, 0.2) is 18.2 Å². The highest BCUT2D eigenvalue weighted by molar-refractivity contribution is 5.40. The maximum Gasteiger partial charge on any atom is 0.0795 e. The van der Waals surface area contributed by atoms with E-state index in [2.05, 4.69) is 45.9 Å². The van der Waals surface area contributed by atoms with E-state index >= 15 is 0 Å². The molecule has 1 saturated carbocycles.